The first-order valence-electron chi connectivity index (χ1n) is 9.54. The number of halogens is 1. The van der Waals surface area contributed by atoms with Crippen molar-refractivity contribution < 1.29 is 17.6 Å². The van der Waals surface area contributed by atoms with Crippen LogP contribution in [0.1, 0.15) is 35.3 Å². The molecule has 0 radical (unpaired) electrons. The molecule has 1 heterocycles. The molecule has 0 saturated heterocycles. The van der Waals surface area contributed by atoms with E-state index in [1.165, 1.54) is 27.6 Å². The Hall–Kier alpha value is -2.25. The number of carbonyl (C=O) groups is 1. The number of carbonyl (C=O) groups excluding carboxylic acids is 1. The highest BCUT2D eigenvalue weighted by Gasteiger charge is 2.27. The summed E-state index contributed by atoms with van der Waals surface area (Å²) < 4.78 is 41.2. The summed E-state index contributed by atoms with van der Waals surface area (Å²) >= 11 is 0. The van der Waals surface area contributed by atoms with Crippen LogP contribution in [0.4, 0.5) is 4.39 Å². The van der Waals surface area contributed by atoms with Gasteiger partial charge in [0.1, 0.15) is 5.82 Å². The maximum Gasteiger partial charge on any atom is 0.256 e. The highest BCUT2D eigenvalue weighted by atomic mass is 32.2. The smallest absolute Gasteiger partial charge is 0.256 e. The van der Waals surface area contributed by atoms with Gasteiger partial charge in [0.2, 0.25) is 10.0 Å². The van der Waals surface area contributed by atoms with Gasteiger partial charge in [0, 0.05) is 26.2 Å². The molecule has 1 aliphatic heterocycles. The van der Waals surface area contributed by atoms with E-state index >= 15 is 0 Å². The molecule has 0 N–H and O–H groups in total. The number of nitrogens with zero attached hydrogens (tertiary/aromatic N) is 2. The first-order chi connectivity index (χ1) is 13.4. The highest BCUT2D eigenvalue weighted by molar-refractivity contribution is 7.89. The largest absolute Gasteiger partial charge is 0.338 e. The number of hydrogen-bond acceptors (Lipinski definition) is 3. The average molecular weight is 405 g/mol. The van der Waals surface area contributed by atoms with Crippen LogP contribution < -0.4 is 0 Å². The van der Waals surface area contributed by atoms with Crippen molar-refractivity contribution in [3.05, 3.63) is 65.0 Å². The molecule has 1 aliphatic rings. The van der Waals surface area contributed by atoms with Crippen LogP contribution in [-0.2, 0) is 22.9 Å². The van der Waals surface area contributed by atoms with E-state index in [1.54, 1.807) is 18.7 Å². The van der Waals surface area contributed by atoms with Gasteiger partial charge in [-0.05, 0) is 42.2 Å². The molecular weight excluding hydrogens is 379 g/mol. The lowest BCUT2D eigenvalue weighted by molar-refractivity contribution is 0.0758. The van der Waals surface area contributed by atoms with Crippen molar-refractivity contribution in [1.29, 1.82) is 0 Å². The molecule has 1 amide bonds. The maximum absolute atomic E-state index is 14.4. The van der Waals surface area contributed by atoms with E-state index in [4.69, 9.17) is 0 Å². The van der Waals surface area contributed by atoms with Gasteiger partial charge in [0.05, 0.1) is 10.5 Å². The molecule has 0 fully saturated rings. The van der Waals surface area contributed by atoms with E-state index in [0.717, 1.165) is 6.07 Å². The molecule has 2 aromatic carbocycles. The molecule has 5 nitrogen and oxygen atoms in total. The van der Waals surface area contributed by atoms with Gasteiger partial charge in [-0.15, -0.1) is 0 Å². The third-order valence-corrected chi connectivity index (χ3v) is 7.27. The van der Waals surface area contributed by atoms with Crippen LogP contribution in [0.3, 0.4) is 0 Å². The fraction of sp³-hybridized carbons (Fsp3) is 0.381. The zero-order chi connectivity index (χ0) is 20.3. The highest BCUT2D eigenvalue weighted by Crippen LogP contribution is 2.22. The summed E-state index contributed by atoms with van der Waals surface area (Å²) in [6, 6.07) is 11.5. The third kappa shape index (κ3) is 3.95. The number of benzene rings is 2. The Morgan fingerprint density at radius 1 is 1.04 bits per heavy atom. The molecule has 3 rings (SSSR count). The first-order valence-corrected chi connectivity index (χ1v) is 11.0. The fourth-order valence-corrected chi connectivity index (χ4v) is 5.07. The summed E-state index contributed by atoms with van der Waals surface area (Å²) in [6.45, 7) is 5.05. The van der Waals surface area contributed by atoms with Gasteiger partial charge in [-0.25, -0.2) is 12.8 Å². The summed E-state index contributed by atoms with van der Waals surface area (Å²) in [4.78, 5) is 14.5. The predicted octanol–water partition coefficient (Wildman–Crippen LogP) is 3.10. The molecule has 2 aromatic rings. The lowest BCUT2D eigenvalue weighted by atomic mass is 10.0. The predicted molar refractivity (Wildman–Crippen MR) is 106 cm³/mol. The Balaban J connectivity index is 1.88. The van der Waals surface area contributed by atoms with Crippen LogP contribution in [0.5, 0.6) is 0 Å². The van der Waals surface area contributed by atoms with Crippen molar-refractivity contribution >= 4 is 15.9 Å². The molecule has 150 valence electrons. The summed E-state index contributed by atoms with van der Waals surface area (Å²) in [5, 5.41) is 0. The summed E-state index contributed by atoms with van der Waals surface area (Å²) in [5.74, 6) is -1.17. The van der Waals surface area contributed by atoms with Crippen molar-refractivity contribution in [2.24, 2.45) is 0 Å². The molecule has 0 aromatic heterocycles. The van der Waals surface area contributed by atoms with Crippen LogP contribution in [0.2, 0.25) is 0 Å². The van der Waals surface area contributed by atoms with Crippen LogP contribution in [-0.4, -0.2) is 49.7 Å². The molecule has 0 aliphatic carbocycles. The minimum atomic E-state index is -3.76. The standard InChI is InChI=1S/C21H25FN2O3S/c1-3-24(4-2)28(26,27)18-9-10-20(22)19(15-18)21(25)23-13-11-16-7-5-6-8-17(16)12-14-23/h5-10,15H,3-4,11-14H2,1-2H3. The molecule has 0 saturated carbocycles. The second-order valence-corrected chi connectivity index (χ2v) is 8.73. The SMILES string of the molecule is CCN(CC)S(=O)(=O)c1ccc(F)c(C(=O)N2CCc3ccccc3CC2)c1. The Kier molecular flexibility index (Phi) is 6.15. The van der Waals surface area contributed by atoms with E-state index in [-0.39, 0.29) is 10.5 Å². The number of rotatable bonds is 5. The molecule has 0 spiro atoms. The fourth-order valence-electron chi connectivity index (χ4n) is 3.58. The maximum atomic E-state index is 14.4. The van der Waals surface area contributed by atoms with Gasteiger partial charge in [-0.3, -0.25) is 4.79 Å². The number of hydrogen-bond donors (Lipinski definition) is 0. The molecule has 0 atom stereocenters. The van der Waals surface area contributed by atoms with E-state index in [1.807, 2.05) is 24.3 Å². The third-order valence-electron chi connectivity index (χ3n) is 5.22. The molecule has 7 heteroatoms. The average Bonchev–Trinajstić information content (AvgIpc) is 2.91. The van der Waals surface area contributed by atoms with Crippen LogP contribution in [0.25, 0.3) is 0 Å². The van der Waals surface area contributed by atoms with Gasteiger partial charge in [-0.1, -0.05) is 38.1 Å². The Morgan fingerprint density at radius 2 is 1.61 bits per heavy atom. The van der Waals surface area contributed by atoms with Gasteiger partial charge in [0.25, 0.3) is 5.91 Å². The molecule has 0 bridgehead atoms. The number of amides is 1. The van der Waals surface area contributed by atoms with Gasteiger partial charge in [0.15, 0.2) is 0 Å². The van der Waals surface area contributed by atoms with E-state index < -0.39 is 21.7 Å². The minimum absolute atomic E-state index is 0.0564. The van der Waals surface area contributed by atoms with Gasteiger partial charge >= 0.3 is 0 Å². The Bertz CT molecular complexity index is 944. The summed E-state index contributed by atoms with van der Waals surface area (Å²) in [6.07, 6.45) is 1.39. The van der Waals surface area contributed by atoms with E-state index in [9.17, 15) is 17.6 Å². The van der Waals surface area contributed by atoms with Crippen molar-refractivity contribution in [2.75, 3.05) is 26.2 Å². The topological polar surface area (TPSA) is 57.7 Å². The zero-order valence-corrected chi connectivity index (χ0v) is 17.0. The molecular formula is C21H25FN2O3S. The Morgan fingerprint density at radius 3 is 2.14 bits per heavy atom. The summed E-state index contributed by atoms with van der Waals surface area (Å²) in [7, 11) is -3.76. The lowest BCUT2D eigenvalue weighted by Gasteiger charge is -2.22. The van der Waals surface area contributed by atoms with Crippen molar-refractivity contribution in [1.82, 2.24) is 9.21 Å². The van der Waals surface area contributed by atoms with Crippen molar-refractivity contribution in [2.45, 2.75) is 31.6 Å². The minimum Gasteiger partial charge on any atom is -0.338 e. The normalized spacial score (nSPS) is 14.6. The summed E-state index contributed by atoms with van der Waals surface area (Å²) in [5.41, 5.74) is 2.19. The van der Waals surface area contributed by atoms with Crippen molar-refractivity contribution in [3.63, 3.8) is 0 Å². The van der Waals surface area contributed by atoms with E-state index in [0.29, 0.717) is 39.0 Å². The number of sulfonamides is 1. The van der Waals surface area contributed by atoms with E-state index in [2.05, 4.69) is 0 Å². The monoisotopic (exact) mass is 404 g/mol. The lowest BCUT2D eigenvalue weighted by Crippen LogP contribution is -2.34. The molecule has 0 unspecified atom stereocenters. The van der Waals surface area contributed by atoms with Crippen molar-refractivity contribution in [3.8, 4) is 0 Å². The molecule has 28 heavy (non-hydrogen) atoms. The van der Waals surface area contributed by atoms with Gasteiger partial charge < -0.3 is 4.90 Å². The first kappa shape index (κ1) is 20.5. The second kappa shape index (κ2) is 8.41. The van der Waals surface area contributed by atoms with Crippen LogP contribution in [0, 0.1) is 5.82 Å². The van der Waals surface area contributed by atoms with Crippen LogP contribution in [0.15, 0.2) is 47.4 Å². The number of fused-ring (bicyclic) bond motifs is 1. The quantitative estimate of drug-likeness (QED) is 0.770. The zero-order valence-electron chi connectivity index (χ0n) is 16.2. The van der Waals surface area contributed by atoms with Gasteiger partial charge in [-0.2, -0.15) is 4.31 Å². The Labute approximate surface area is 165 Å². The second-order valence-electron chi connectivity index (χ2n) is 6.79. The van der Waals surface area contributed by atoms with Crippen LogP contribution >= 0.6 is 0 Å².